The number of hydrogen-bond acceptors (Lipinski definition) is 4. The Hall–Kier alpha value is -1.40. The molecule has 1 amide bonds. The standard InChI is InChI=1S/C13H23N5O/c1-10-7-12(17(3)16-10)15-13(19)9-18-6-4-5-11(8-18)14-2/h7,11,14H,4-6,8-9H2,1-3H3,(H,15,19). The van der Waals surface area contributed by atoms with Crippen LogP contribution < -0.4 is 10.6 Å². The molecule has 1 atom stereocenters. The maximum atomic E-state index is 12.0. The number of likely N-dealkylation sites (N-methyl/N-ethyl adjacent to an activating group) is 1. The first kappa shape index (κ1) is 14.0. The van der Waals surface area contributed by atoms with E-state index in [9.17, 15) is 4.79 Å². The topological polar surface area (TPSA) is 62.2 Å². The van der Waals surface area contributed by atoms with Crippen molar-refractivity contribution in [3.63, 3.8) is 0 Å². The van der Waals surface area contributed by atoms with Crippen LogP contribution in [0, 0.1) is 6.92 Å². The largest absolute Gasteiger partial charge is 0.316 e. The zero-order valence-electron chi connectivity index (χ0n) is 11.9. The molecule has 0 aliphatic carbocycles. The first-order valence-corrected chi connectivity index (χ1v) is 6.78. The lowest BCUT2D eigenvalue weighted by Gasteiger charge is -2.31. The molecule has 0 radical (unpaired) electrons. The van der Waals surface area contributed by atoms with Crippen molar-refractivity contribution in [3.05, 3.63) is 11.8 Å². The zero-order valence-corrected chi connectivity index (χ0v) is 11.9. The number of aryl methyl sites for hydroxylation is 2. The molecule has 2 heterocycles. The molecular weight excluding hydrogens is 242 g/mol. The second kappa shape index (κ2) is 6.16. The van der Waals surface area contributed by atoms with E-state index >= 15 is 0 Å². The highest BCUT2D eigenvalue weighted by molar-refractivity contribution is 5.91. The van der Waals surface area contributed by atoms with Gasteiger partial charge < -0.3 is 10.6 Å². The lowest BCUT2D eigenvalue weighted by molar-refractivity contribution is -0.117. The SMILES string of the molecule is CNC1CCCN(CC(=O)Nc2cc(C)nn2C)C1. The van der Waals surface area contributed by atoms with Crippen LogP contribution >= 0.6 is 0 Å². The van der Waals surface area contributed by atoms with Crippen LogP contribution in [0.4, 0.5) is 5.82 Å². The molecule has 0 spiro atoms. The van der Waals surface area contributed by atoms with Crippen molar-refractivity contribution in [2.75, 3.05) is 32.0 Å². The molecule has 1 unspecified atom stereocenters. The second-order valence-corrected chi connectivity index (χ2v) is 5.21. The average Bonchev–Trinajstić information content (AvgIpc) is 2.68. The van der Waals surface area contributed by atoms with Crippen molar-refractivity contribution < 1.29 is 4.79 Å². The monoisotopic (exact) mass is 265 g/mol. The number of nitrogens with zero attached hydrogens (tertiary/aromatic N) is 3. The molecule has 0 saturated carbocycles. The summed E-state index contributed by atoms with van der Waals surface area (Å²) in [4.78, 5) is 14.2. The van der Waals surface area contributed by atoms with Crippen molar-refractivity contribution in [2.45, 2.75) is 25.8 Å². The molecular formula is C13H23N5O. The second-order valence-electron chi connectivity index (χ2n) is 5.21. The number of likely N-dealkylation sites (tertiary alicyclic amines) is 1. The number of aromatic nitrogens is 2. The van der Waals surface area contributed by atoms with Crippen molar-refractivity contribution in [1.29, 1.82) is 0 Å². The van der Waals surface area contributed by atoms with Crippen LogP contribution in [0.1, 0.15) is 18.5 Å². The summed E-state index contributed by atoms with van der Waals surface area (Å²) in [5.41, 5.74) is 0.908. The molecule has 6 heteroatoms. The maximum Gasteiger partial charge on any atom is 0.239 e. The molecule has 1 saturated heterocycles. The minimum Gasteiger partial charge on any atom is -0.316 e. The Kier molecular flexibility index (Phi) is 4.55. The van der Waals surface area contributed by atoms with Gasteiger partial charge in [-0.05, 0) is 33.4 Å². The number of nitrogens with one attached hydrogen (secondary N) is 2. The quantitative estimate of drug-likeness (QED) is 0.825. The van der Waals surface area contributed by atoms with E-state index in [1.54, 1.807) is 4.68 Å². The van der Waals surface area contributed by atoms with E-state index in [0.717, 1.165) is 31.0 Å². The van der Waals surface area contributed by atoms with Crippen molar-refractivity contribution in [2.24, 2.45) is 7.05 Å². The normalized spacial score (nSPS) is 20.5. The molecule has 0 aromatic carbocycles. The molecule has 6 nitrogen and oxygen atoms in total. The van der Waals surface area contributed by atoms with Crippen LogP contribution in [0.2, 0.25) is 0 Å². The Morgan fingerprint density at radius 1 is 1.58 bits per heavy atom. The summed E-state index contributed by atoms with van der Waals surface area (Å²) in [5.74, 6) is 0.782. The van der Waals surface area contributed by atoms with E-state index in [2.05, 4.69) is 20.6 Å². The van der Waals surface area contributed by atoms with Gasteiger partial charge in [0.05, 0.1) is 12.2 Å². The van der Waals surface area contributed by atoms with Crippen LogP contribution in [0.5, 0.6) is 0 Å². The lowest BCUT2D eigenvalue weighted by Crippen LogP contribution is -2.47. The number of anilines is 1. The highest BCUT2D eigenvalue weighted by Gasteiger charge is 2.20. The van der Waals surface area contributed by atoms with E-state index in [1.165, 1.54) is 6.42 Å². The Balaban J connectivity index is 1.85. The van der Waals surface area contributed by atoms with E-state index in [-0.39, 0.29) is 5.91 Å². The van der Waals surface area contributed by atoms with Gasteiger partial charge in [0.2, 0.25) is 5.91 Å². The van der Waals surface area contributed by atoms with Gasteiger partial charge in [0.15, 0.2) is 0 Å². The van der Waals surface area contributed by atoms with E-state index < -0.39 is 0 Å². The van der Waals surface area contributed by atoms with Crippen molar-refractivity contribution in [1.82, 2.24) is 20.0 Å². The molecule has 1 aliphatic rings. The Morgan fingerprint density at radius 3 is 3.00 bits per heavy atom. The van der Waals surface area contributed by atoms with Crippen LogP contribution in [-0.4, -0.2) is 53.3 Å². The number of carbonyl (C=O) groups excluding carboxylic acids is 1. The van der Waals surface area contributed by atoms with Crippen molar-refractivity contribution >= 4 is 11.7 Å². The molecule has 2 rings (SSSR count). The first-order valence-electron chi connectivity index (χ1n) is 6.78. The third kappa shape index (κ3) is 3.78. The molecule has 106 valence electrons. The van der Waals surface area contributed by atoms with Crippen LogP contribution in [0.25, 0.3) is 0 Å². The predicted octanol–water partition coefficient (Wildman–Crippen LogP) is 0.351. The van der Waals surface area contributed by atoms with Crippen LogP contribution in [0.3, 0.4) is 0 Å². The van der Waals surface area contributed by atoms with Gasteiger partial charge >= 0.3 is 0 Å². The van der Waals surface area contributed by atoms with E-state index in [1.807, 2.05) is 27.1 Å². The zero-order chi connectivity index (χ0) is 13.8. The third-order valence-electron chi connectivity index (χ3n) is 3.55. The molecule has 1 aromatic rings. The van der Waals surface area contributed by atoms with Gasteiger partial charge in [0, 0.05) is 25.7 Å². The number of carbonyl (C=O) groups is 1. The smallest absolute Gasteiger partial charge is 0.239 e. The van der Waals surface area contributed by atoms with Gasteiger partial charge in [-0.15, -0.1) is 0 Å². The summed E-state index contributed by atoms with van der Waals surface area (Å²) in [6, 6.07) is 2.38. The Morgan fingerprint density at radius 2 is 2.37 bits per heavy atom. The number of rotatable bonds is 4. The molecule has 1 aromatic heterocycles. The first-order chi connectivity index (χ1) is 9.08. The summed E-state index contributed by atoms with van der Waals surface area (Å²) < 4.78 is 1.69. The lowest BCUT2D eigenvalue weighted by atomic mass is 10.1. The van der Waals surface area contributed by atoms with Gasteiger partial charge in [-0.3, -0.25) is 14.4 Å². The van der Waals surface area contributed by atoms with E-state index in [4.69, 9.17) is 0 Å². The molecule has 0 bridgehead atoms. The number of amides is 1. The van der Waals surface area contributed by atoms with Crippen molar-refractivity contribution in [3.8, 4) is 0 Å². The minimum atomic E-state index is 0.0275. The van der Waals surface area contributed by atoms with Gasteiger partial charge in [0.25, 0.3) is 0 Å². The summed E-state index contributed by atoms with van der Waals surface area (Å²) in [7, 11) is 3.81. The van der Waals surface area contributed by atoms with Gasteiger partial charge in [-0.2, -0.15) is 5.10 Å². The fourth-order valence-corrected chi connectivity index (χ4v) is 2.55. The van der Waals surface area contributed by atoms with Gasteiger partial charge in [0.1, 0.15) is 5.82 Å². The Labute approximate surface area is 114 Å². The summed E-state index contributed by atoms with van der Waals surface area (Å²) in [5, 5.41) is 10.4. The molecule has 1 fully saturated rings. The van der Waals surface area contributed by atoms with Crippen LogP contribution in [0.15, 0.2) is 6.07 Å². The minimum absolute atomic E-state index is 0.0275. The fraction of sp³-hybridized carbons (Fsp3) is 0.692. The number of hydrogen-bond donors (Lipinski definition) is 2. The Bertz CT molecular complexity index is 442. The third-order valence-corrected chi connectivity index (χ3v) is 3.55. The highest BCUT2D eigenvalue weighted by atomic mass is 16.2. The van der Waals surface area contributed by atoms with E-state index in [0.29, 0.717) is 12.6 Å². The predicted molar refractivity (Wildman–Crippen MR) is 75.1 cm³/mol. The summed E-state index contributed by atoms with van der Waals surface area (Å²) >= 11 is 0. The number of piperidine rings is 1. The summed E-state index contributed by atoms with van der Waals surface area (Å²) in [6.45, 7) is 4.30. The molecule has 1 aliphatic heterocycles. The molecule has 2 N–H and O–H groups in total. The molecule has 19 heavy (non-hydrogen) atoms. The maximum absolute atomic E-state index is 12.0. The highest BCUT2D eigenvalue weighted by Crippen LogP contribution is 2.11. The van der Waals surface area contributed by atoms with Gasteiger partial charge in [-0.25, -0.2) is 0 Å². The average molecular weight is 265 g/mol. The van der Waals surface area contributed by atoms with Gasteiger partial charge in [-0.1, -0.05) is 0 Å². The van der Waals surface area contributed by atoms with Crippen LogP contribution in [-0.2, 0) is 11.8 Å². The summed E-state index contributed by atoms with van der Waals surface area (Å²) in [6.07, 6.45) is 2.33. The fourth-order valence-electron chi connectivity index (χ4n) is 2.55.